The highest BCUT2D eigenvalue weighted by Crippen LogP contribution is 2.23. The second kappa shape index (κ2) is 6.34. The summed E-state index contributed by atoms with van der Waals surface area (Å²) < 4.78 is 1.87. The number of pyridine rings is 1. The summed E-state index contributed by atoms with van der Waals surface area (Å²) in [7, 11) is 0. The molecule has 2 aromatic rings. The van der Waals surface area contributed by atoms with E-state index >= 15 is 0 Å². The summed E-state index contributed by atoms with van der Waals surface area (Å²) in [5.74, 6) is 0.634. The first-order valence-electron chi connectivity index (χ1n) is 6.96. The van der Waals surface area contributed by atoms with Crippen LogP contribution in [-0.2, 0) is 6.54 Å². The molecule has 7 heteroatoms. The van der Waals surface area contributed by atoms with Crippen molar-refractivity contribution in [3.8, 4) is 0 Å². The predicted molar refractivity (Wildman–Crippen MR) is 80.2 cm³/mol. The van der Waals surface area contributed by atoms with Crippen molar-refractivity contribution in [3.05, 3.63) is 45.9 Å². The van der Waals surface area contributed by atoms with Gasteiger partial charge in [0.1, 0.15) is 11.5 Å². The second-order valence-electron chi connectivity index (χ2n) is 4.79. The largest absolute Gasteiger partial charge is 0.363 e. The number of hydrogen-bond donors (Lipinski definition) is 1. The first-order chi connectivity index (χ1) is 10.0. The summed E-state index contributed by atoms with van der Waals surface area (Å²) in [4.78, 5) is 14.6. The van der Waals surface area contributed by atoms with Crippen molar-refractivity contribution in [2.24, 2.45) is 0 Å². The van der Waals surface area contributed by atoms with Gasteiger partial charge >= 0.3 is 0 Å². The van der Waals surface area contributed by atoms with Gasteiger partial charge in [0.15, 0.2) is 0 Å². The standard InChI is InChI=1S/C14H19N5O2/c1-4-12(11-8-15-18(5-2)9-11)17-14-7-6-13(19(20)21)10(3)16-14/h6-9,12H,4-5H2,1-3H3,(H,16,17)/t12-/m0/s1. The molecule has 0 amide bonds. The molecule has 0 saturated carbocycles. The molecule has 2 heterocycles. The highest BCUT2D eigenvalue weighted by Gasteiger charge is 2.15. The molecule has 0 spiro atoms. The van der Waals surface area contributed by atoms with Crippen molar-refractivity contribution < 1.29 is 4.92 Å². The lowest BCUT2D eigenvalue weighted by Gasteiger charge is -2.16. The van der Waals surface area contributed by atoms with Crippen molar-refractivity contribution >= 4 is 11.5 Å². The molecule has 2 aromatic heterocycles. The number of rotatable bonds is 6. The highest BCUT2D eigenvalue weighted by molar-refractivity contribution is 5.46. The number of aryl methyl sites for hydroxylation is 2. The third-order valence-electron chi connectivity index (χ3n) is 3.36. The summed E-state index contributed by atoms with van der Waals surface area (Å²) >= 11 is 0. The zero-order valence-electron chi connectivity index (χ0n) is 12.4. The fourth-order valence-electron chi connectivity index (χ4n) is 2.16. The average Bonchev–Trinajstić information content (AvgIpc) is 2.93. The highest BCUT2D eigenvalue weighted by atomic mass is 16.6. The number of nitrogens with zero attached hydrogens (tertiary/aromatic N) is 4. The molecule has 0 aliphatic heterocycles. The number of aromatic nitrogens is 3. The molecule has 1 atom stereocenters. The maximum Gasteiger partial charge on any atom is 0.290 e. The Labute approximate surface area is 123 Å². The van der Waals surface area contributed by atoms with Gasteiger partial charge in [-0.2, -0.15) is 5.10 Å². The lowest BCUT2D eigenvalue weighted by molar-refractivity contribution is -0.385. The first kappa shape index (κ1) is 15.0. The Hall–Kier alpha value is -2.44. The number of nitrogens with one attached hydrogen (secondary N) is 1. The molecule has 0 aliphatic carbocycles. The summed E-state index contributed by atoms with van der Waals surface area (Å²) in [5, 5.41) is 18.4. The Bertz CT molecular complexity index is 638. The van der Waals surface area contributed by atoms with Crippen molar-refractivity contribution in [1.29, 1.82) is 0 Å². The van der Waals surface area contributed by atoms with E-state index in [1.165, 1.54) is 6.07 Å². The van der Waals surface area contributed by atoms with Crippen LogP contribution in [0, 0.1) is 17.0 Å². The van der Waals surface area contributed by atoms with Crippen LogP contribution in [0.4, 0.5) is 11.5 Å². The minimum atomic E-state index is -0.422. The Kier molecular flexibility index (Phi) is 4.52. The minimum absolute atomic E-state index is 0.0346. The van der Waals surface area contributed by atoms with Crippen LogP contribution in [0.2, 0.25) is 0 Å². The van der Waals surface area contributed by atoms with Crippen LogP contribution in [0.25, 0.3) is 0 Å². The topological polar surface area (TPSA) is 85.9 Å². The van der Waals surface area contributed by atoms with E-state index < -0.39 is 4.92 Å². The Morgan fingerprint density at radius 1 is 1.43 bits per heavy atom. The Morgan fingerprint density at radius 2 is 2.19 bits per heavy atom. The van der Waals surface area contributed by atoms with Crippen LogP contribution in [-0.4, -0.2) is 19.7 Å². The average molecular weight is 289 g/mol. The lowest BCUT2D eigenvalue weighted by Crippen LogP contribution is -2.11. The summed E-state index contributed by atoms with van der Waals surface area (Å²) in [6, 6.07) is 3.20. The Morgan fingerprint density at radius 3 is 2.71 bits per heavy atom. The minimum Gasteiger partial charge on any atom is -0.363 e. The zero-order chi connectivity index (χ0) is 15.4. The number of anilines is 1. The van der Waals surface area contributed by atoms with Crippen molar-refractivity contribution in [2.75, 3.05) is 5.32 Å². The fourth-order valence-corrected chi connectivity index (χ4v) is 2.16. The SMILES string of the molecule is CC[C@H](Nc1ccc([N+](=O)[O-])c(C)n1)c1cnn(CC)c1. The molecule has 0 bridgehead atoms. The molecule has 112 valence electrons. The molecule has 0 aromatic carbocycles. The normalized spacial score (nSPS) is 12.1. The summed E-state index contributed by atoms with van der Waals surface area (Å²) in [6.07, 6.45) is 4.70. The third kappa shape index (κ3) is 3.36. The zero-order valence-corrected chi connectivity index (χ0v) is 12.4. The molecular formula is C14H19N5O2. The second-order valence-corrected chi connectivity index (χ2v) is 4.79. The van der Waals surface area contributed by atoms with Gasteiger partial charge in [-0.3, -0.25) is 14.8 Å². The fraction of sp³-hybridized carbons (Fsp3) is 0.429. The summed E-state index contributed by atoms with van der Waals surface area (Å²) in [5.41, 5.74) is 1.52. The van der Waals surface area contributed by atoms with Crippen LogP contribution in [0.15, 0.2) is 24.5 Å². The van der Waals surface area contributed by atoms with Crippen molar-refractivity contribution in [1.82, 2.24) is 14.8 Å². The van der Waals surface area contributed by atoms with E-state index in [1.54, 1.807) is 13.0 Å². The lowest BCUT2D eigenvalue weighted by atomic mass is 10.1. The van der Waals surface area contributed by atoms with E-state index in [0.29, 0.717) is 11.5 Å². The quantitative estimate of drug-likeness (QED) is 0.652. The van der Waals surface area contributed by atoms with Gasteiger partial charge in [-0.25, -0.2) is 4.98 Å². The van der Waals surface area contributed by atoms with Gasteiger partial charge in [0.25, 0.3) is 5.69 Å². The van der Waals surface area contributed by atoms with Gasteiger partial charge < -0.3 is 5.32 Å². The van der Waals surface area contributed by atoms with E-state index in [2.05, 4.69) is 22.3 Å². The van der Waals surface area contributed by atoms with E-state index in [0.717, 1.165) is 18.5 Å². The molecule has 0 unspecified atom stereocenters. The molecule has 0 fully saturated rings. The van der Waals surface area contributed by atoms with Gasteiger partial charge in [0.2, 0.25) is 0 Å². The van der Waals surface area contributed by atoms with E-state index in [-0.39, 0.29) is 11.7 Å². The van der Waals surface area contributed by atoms with Crippen LogP contribution >= 0.6 is 0 Å². The molecule has 2 rings (SSSR count). The summed E-state index contributed by atoms with van der Waals surface area (Å²) in [6.45, 7) is 6.57. The van der Waals surface area contributed by atoms with Crippen LogP contribution in [0.3, 0.4) is 0 Å². The van der Waals surface area contributed by atoms with Gasteiger partial charge in [0.05, 0.1) is 17.2 Å². The maximum atomic E-state index is 10.8. The number of hydrogen-bond acceptors (Lipinski definition) is 5. The monoisotopic (exact) mass is 289 g/mol. The smallest absolute Gasteiger partial charge is 0.290 e. The van der Waals surface area contributed by atoms with Gasteiger partial charge in [-0.1, -0.05) is 6.92 Å². The van der Waals surface area contributed by atoms with E-state index in [4.69, 9.17) is 0 Å². The molecule has 7 nitrogen and oxygen atoms in total. The molecule has 21 heavy (non-hydrogen) atoms. The van der Waals surface area contributed by atoms with E-state index in [9.17, 15) is 10.1 Å². The molecule has 0 radical (unpaired) electrons. The van der Waals surface area contributed by atoms with Crippen molar-refractivity contribution in [3.63, 3.8) is 0 Å². The molecular weight excluding hydrogens is 270 g/mol. The van der Waals surface area contributed by atoms with Crippen LogP contribution in [0.5, 0.6) is 0 Å². The van der Waals surface area contributed by atoms with Gasteiger partial charge in [-0.15, -0.1) is 0 Å². The van der Waals surface area contributed by atoms with Crippen LogP contribution in [0.1, 0.15) is 37.6 Å². The van der Waals surface area contributed by atoms with Crippen molar-refractivity contribution in [2.45, 2.75) is 39.8 Å². The van der Waals surface area contributed by atoms with Crippen LogP contribution < -0.4 is 5.32 Å². The van der Waals surface area contributed by atoms with Gasteiger partial charge in [-0.05, 0) is 26.3 Å². The molecule has 0 saturated heterocycles. The first-order valence-corrected chi connectivity index (χ1v) is 6.96. The predicted octanol–water partition coefficient (Wildman–Crippen LogP) is 3.08. The number of nitro groups is 1. The third-order valence-corrected chi connectivity index (χ3v) is 3.36. The Balaban J connectivity index is 2.18. The molecule has 0 aliphatic rings. The van der Waals surface area contributed by atoms with Gasteiger partial charge in [0, 0.05) is 24.4 Å². The van der Waals surface area contributed by atoms with E-state index in [1.807, 2.05) is 24.0 Å². The maximum absolute atomic E-state index is 10.8. The molecule has 1 N–H and O–H groups in total.